The van der Waals surface area contributed by atoms with Crippen molar-refractivity contribution < 1.29 is 38.8 Å². The molecule has 0 bridgehead atoms. The van der Waals surface area contributed by atoms with E-state index in [1.807, 2.05) is 0 Å². The first-order valence-electron chi connectivity index (χ1n) is 6.10. The van der Waals surface area contributed by atoms with E-state index in [9.17, 15) is 19.6 Å². The predicted molar refractivity (Wildman–Crippen MR) is 73.7 cm³/mol. The van der Waals surface area contributed by atoms with Gasteiger partial charge in [-0.2, -0.15) is 0 Å². The SMILES string of the molecule is COc1ccc([I-][NH+]([O-])[O-])cc1C(=O)Nc1ccc(F)cc1. The van der Waals surface area contributed by atoms with Crippen molar-refractivity contribution >= 4 is 11.6 Å². The Morgan fingerprint density at radius 2 is 1.91 bits per heavy atom. The predicted octanol–water partition coefficient (Wildman–Crippen LogP) is -1.86. The standard InChI is InChI=1S/C14H12FIN2O4/c1-22-13-7-4-10(16-18(20)21)8-12(13)14(19)17-11-5-2-9(15)3-6-11/h2-8,18H,1H3,(H,17,19)/q-2. The third kappa shape index (κ3) is 4.37. The third-order valence-corrected chi connectivity index (χ3v) is 4.43. The summed E-state index contributed by atoms with van der Waals surface area (Å²) in [5, 5.41) is 24.0. The molecule has 0 atom stereocenters. The van der Waals surface area contributed by atoms with Crippen LogP contribution in [0.4, 0.5) is 10.1 Å². The number of ether oxygens (including phenoxy) is 1. The number of rotatable bonds is 5. The molecule has 0 radical (unpaired) electrons. The molecule has 8 heteroatoms. The number of carbonyl (C=O) groups is 1. The zero-order chi connectivity index (χ0) is 16.1. The Morgan fingerprint density at radius 3 is 2.50 bits per heavy atom. The van der Waals surface area contributed by atoms with Crippen molar-refractivity contribution in [2.45, 2.75) is 0 Å². The van der Waals surface area contributed by atoms with Gasteiger partial charge in [-0.25, -0.2) is 0 Å². The monoisotopic (exact) mass is 418 g/mol. The fourth-order valence-electron chi connectivity index (χ4n) is 1.74. The van der Waals surface area contributed by atoms with Crippen molar-refractivity contribution in [2.24, 2.45) is 0 Å². The molecule has 0 aliphatic rings. The van der Waals surface area contributed by atoms with Gasteiger partial charge in [0.1, 0.15) is 0 Å². The maximum absolute atomic E-state index is 12.8. The Morgan fingerprint density at radius 1 is 1.23 bits per heavy atom. The van der Waals surface area contributed by atoms with E-state index in [2.05, 4.69) is 5.32 Å². The van der Waals surface area contributed by atoms with E-state index in [0.29, 0.717) is 15.0 Å². The number of halogens is 2. The Balaban J connectivity index is 2.24. The molecule has 2 aromatic carbocycles. The molecular weight excluding hydrogens is 406 g/mol. The van der Waals surface area contributed by atoms with Gasteiger partial charge in [0.2, 0.25) is 0 Å². The molecular formula is C14H12FIN2O4-2. The summed E-state index contributed by atoms with van der Waals surface area (Å²) >= 11 is -1.34. The van der Waals surface area contributed by atoms with Crippen LogP contribution in [0, 0.1) is 19.8 Å². The summed E-state index contributed by atoms with van der Waals surface area (Å²) in [5.74, 6) is -0.547. The fourth-order valence-corrected chi connectivity index (χ4v) is 3.07. The topological polar surface area (TPSA) is 88.9 Å². The van der Waals surface area contributed by atoms with Gasteiger partial charge in [-0.1, -0.05) is 0 Å². The van der Waals surface area contributed by atoms with Gasteiger partial charge in [0.15, 0.2) is 0 Å². The van der Waals surface area contributed by atoms with Gasteiger partial charge in [-0.15, -0.1) is 0 Å². The minimum atomic E-state index is -1.34. The second-order valence-corrected chi connectivity index (χ2v) is 6.80. The molecule has 0 aliphatic heterocycles. The van der Waals surface area contributed by atoms with Crippen LogP contribution in [0.25, 0.3) is 0 Å². The van der Waals surface area contributed by atoms with Crippen LogP contribution >= 0.6 is 0 Å². The van der Waals surface area contributed by atoms with Gasteiger partial charge in [0.25, 0.3) is 0 Å². The molecule has 2 N–H and O–H groups in total. The van der Waals surface area contributed by atoms with Crippen molar-refractivity contribution in [1.82, 2.24) is 0 Å². The molecule has 0 spiro atoms. The van der Waals surface area contributed by atoms with Crippen LogP contribution in [-0.4, -0.2) is 13.0 Å². The quantitative estimate of drug-likeness (QED) is 0.339. The van der Waals surface area contributed by atoms with Crippen molar-refractivity contribution in [3.05, 3.63) is 67.8 Å². The molecule has 118 valence electrons. The summed E-state index contributed by atoms with van der Waals surface area (Å²) in [5.41, 5.74) is 0.638. The Kier molecular flexibility index (Phi) is 5.66. The normalized spacial score (nSPS) is 10.8. The first kappa shape index (κ1) is 16.6. The van der Waals surface area contributed by atoms with Crippen LogP contribution in [0.5, 0.6) is 5.75 Å². The van der Waals surface area contributed by atoms with Gasteiger partial charge in [0.05, 0.1) is 0 Å². The van der Waals surface area contributed by atoms with Crippen molar-refractivity contribution in [1.29, 1.82) is 0 Å². The van der Waals surface area contributed by atoms with E-state index >= 15 is 0 Å². The van der Waals surface area contributed by atoms with Crippen molar-refractivity contribution in [3.8, 4) is 5.75 Å². The number of methoxy groups -OCH3 is 1. The summed E-state index contributed by atoms with van der Waals surface area (Å²) in [6, 6.07) is 9.92. The number of quaternary nitrogens is 1. The fraction of sp³-hybridized carbons (Fsp3) is 0.0714. The zero-order valence-corrected chi connectivity index (χ0v) is 13.6. The molecule has 0 saturated carbocycles. The number of amides is 1. The first-order valence-corrected chi connectivity index (χ1v) is 8.26. The molecule has 0 heterocycles. The summed E-state index contributed by atoms with van der Waals surface area (Å²) in [6.45, 7) is 0. The number of carbonyl (C=O) groups excluding carboxylic acids is 1. The summed E-state index contributed by atoms with van der Waals surface area (Å²) < 4.78 is 17.4. The molecule has 0 aliphatic carbocycles. The van der Waals surface area contributed by atoms with Gasteiger partial charge in [-0.05, 0) is 0 Å². The number of nitrogens with one attached hydrogen (secondary N) is 2. The van der Waals surface area contributed by atoms with E-state index in [4.69, 9.17) is 4.74 Å². The second kappa shape index (κ2) is 7.49. The van der Waals surface area contributed by atoms with E-state index in [1.54, 1.807) is 6.07 Å². The Labute approximate surface area is 136 Å². The summed E-state index contributed by atoms with van der Waals surface area (Å²) in [4.78, 5) is 12.3. The average Bonchev–Trinajstić information content (AvgIpc) is 2.49. The van der Waals surface area contributed by atoms with Crippen LogP contribution in [0.3, 0.4) is 0 Å². The Hall–Kier alpha value is -1.75. The van der Waals surface area contributed by atoms with Gasteiger partial charge in [0, 0.05) is 0 Å². The number of hydrogen-bond donors (Lipinski definition) is 2. The molecule has 0 aromatic heterocycles. The van der Waals surface area contributed by atoms with E-state index < -0.39 is 36.6 Å². The Bertz CT molecular complexity index is 664. The van der Waals surface area contributed by atoms with Crippen LogP contribution in [0.1, 0.15) is 10.4 Å². The van der Waals surface area contributed by atoms with Crippen LogP contribution < -0.4 is 35.0 Å². The molecule has 2 rings (SSSR count). The van der Waals surface area contributed by atoms with Gasteiger partial charge < -0.3 is 0 Å². The zero-order valence-electron chi connectivity index (χ0n) is 11.4. The molecule has 6 nitrogen and oxygen atoms in total. The van der Waals surface area contributed by atoms with Crippen molar-refractivity contribution in [3.63, 3.8) is 0 Å². The maximum atomic E-state index is 12.8. The molecule has 22 heavy (non-hydrogen) atoms. The van der Waals surface area contributed by atoms with Gasteiger partial charge >= 0.3 is 136 Å². The van der Waals surface area contributed by atoms with E-state index in [0.717, 1.165) is 0 Å². The third-order valence-electron chi connectivity index (χ3n) is 2.69. The van der Waals surface area contributed by atoms with E-state index in [1.165, 1.54) is 43.5 Å². The summed E-state index contributed by atoms with van der Waals surface area (Å²) in [6.07, 6.45) is 0. The molecule has 0 saturated heterocycles. The molecule has 1 amide bonds. The van der Waals surface area contributed by atoms with Crippen LogP contribution in [0.15, 0.2) is 42.5 Å². The number of benzene rings is 2. The number of anilines is 1. The molecule has 0 fully saturated rings. The summed E-state index contributed by atoms with van der Waals surface area (Å²) in [7, 11) is 1.41. The van der Waals surface area contributed by atoms with Crippen molar-refractivity contribution in [2.75, 3.05) is 12.4 Å². The molecule has 0 unspecified atom stereocenters. The van der Waals surface area contributed by atoms with Crippen LogP contribution in [0.2, 0.25) is 0 Å². The van der Waals surface area contributed by atoms with E-state index in [-0.39, 0.29) is 5.56 Å². The minimum absolute atomic E-state index is 0.213. The number of hydrogen-bond acceptors (Lipinski definition) is 4. The van der Waals surface area contributed by atoms with Crippen LogP contribution in [-0.2, 0) is 0 Å². The first-order chi connectivity index (χ1) is 10.5. The molecule has 2 aromatic rings. The average molecular weight is 418 g/mol. The van der Waals surface area contributed by atoms with Gasteiger partial charge in [-0.3, -0.25) is 0 Å². The second-order valence-electron chi connectivity index (χ2n) is 4.14.